The summed E-state index contributed by atoms with van der Waals surface area (Å²) in [6.07, 6.45) is 25.6. The van der Waals surface area contributed by atoms with Crippen LogP contribution in [0.2, 0.25) is 0 Å². The Labute approximate surface area is 295 Å². The van der Waals surface area contributed by atoms with Gasteiger partial charge in [0.05, 0.1) is 12.2 Å². The molecule has 8 nitrogen and oxygen atoms in total. The number of carbonyl (C=O) groups is 3. The Kier molecular flexibility index (Phi) is 14.7. The first-order valence-electron chi connectivity index (χ1n) is 19.8. The fraction of sp³-hybridized carbons (Fsp3) is 0.829. The first-order chi connectivity index (χ1) is 23.5. The topological polar surface area (TPSA) is 130 Å². The van der Waals surface area contributed by atoms with Gasteiger partial charge in [0, 0.05) is 23.2 Å². The van der Waals surface area contributed by atoms with Crippen LogP contribution in [0.3, 0.4) is 0 Å². The maximum atomic E-state index is 13.2. The lowest BCUT2D eigenvalue weighted by atomic mass is 9.46. The van der Waals surface area contributed by atoms with Crippen LogP contribution in [0.4, 0.5) is 0 Å². The van der Waals surface area contributed by atoms with Gasteiger partial charge in [-0.25, -0.2) is 0 Å². The molecule has 1 aliphatic heterocycles. The van der Waals surface area contributed by atoms with Crippen molar-refractivity contribution in [2.45, 2.75) is 180 Å². The Morgan fingerprint density at radius 1 is 0.918 bits per heavy atom. The number of carbonyl (C=O) groups excluding carboxylic acids is 2. The van der Waals surface area contributed by atoms with Crippen LogP contribution in [-0.2, 0) is 23.9 Å². The number of ketones is 2. The number of unbranched alkanes of at least 4 members (excludes halogenated alkanes) is 12. The Morgan fingerprint density at radius 2 is 1.53 bits per heavy atom. The number of carboxylic acid groups (broad SMARTS) is 1. The van der Waals surface area contributed by atoms with E-state index in [9.17, 15) is 24.6 Å². The van der Waals surface area contributed by atoms with E-state index in [2.05, 4.69) is 27.7 Å². The van der Waals surface area contributed by atoms with E-state index < -0.39 is 42.1 Å². The van der Waals surface area contributed by atoms with Crippen LogP contribution in [0.15, 0.2) is 23.8 Å². The molecule has 5 rings (SSSR count). The zero-order valence-corrected chi connectivity index (χ0v) is 30.9. The van der Waals surface area contributed by atoms with Crippen molar-refractivity contribution in [2.24, 2.45) is 28.6 Å². The molecular formula is C41H66O8. The Morgan fingerprint density at radius 3 is 2.10 bits per heavy atom. The van der Waals surface area contributed by atoms with E-state index in [1.54, 1.807) is 12.2 Å². The molecule has 8 heteroatoms. The first-order valence-corrected chi connectivity index (χ1v) is 19.8. The molecule has 0 aromatic heterocycles. The summed E-state index contributed by atoms with van der Waals surface area (Å²) < 4.78 is 12.7. The number of ether oxygens (including phenoxy) is 2. The minimum absolute atomic E-state index is 0.0125. The van der Waals surface area contributed by atoms with E-state index in [-0.39, 0.29) is 34.7 Å². The summed E-state index contributed by atoms with van der Waals surface area (Å²) >= 11 is 0. The third-order valence-electron chi connectivity index (χ3n) is 12.9. The van der Waals surface area contributed by atoms with Gasteiger partial charge in [-0.15, -0.1) is 0 Å². The van der Waals surface area contributed by atoms with Crippen molar-refractivity contribution >= 4 is 17.5 Å². The predicted molar refractivity (Wildman–Crippen MR) is 191 cm³/mol. The summed E-state index contributed by atoms with van der Waals surface area (Å²) in [7, 11) is 0. The quantitative estimate of drug-likeness (QED) is 0.123. The van der Waals surface area contributed by atoms with Gasteiger partial charge in [-0.3, -0.25) is 14.4 Å². The number of fused-ring (bicyclic) bond motifs is 7. The number of Topliss-reactive ketones (excluding diaryl/α,β-unsaturated/α-hetero) is 1. The van der Waals surface area contributed by atoms with Gasteiger partial charge in [0.25, 0.3) is 0 Å². The molecular weight excluding hydrogens is 620 g/mol. The predicted octanol–water partition coefficient (Wildman–Crippen LogP) is 8.27. The van der Waals surface area contributed by atoms with Gasteiger partial charge in [0.15, 0.2) is 23.5 Å². The standard InChI is InChI=1S/C25H34O6.C16H32O2/c1-4-5-21-30-20-11-17-16-7-6-14-10-15(27)8-9-23(14,2)22(16)18(28)12-24(17,3)25(20,31-21)19(29)13-26;1-2-3-4-5-6-7-8-9-10-11-12-13-14-15-16(17)18/h8-10,16-18,20-22,26,28H,4-7,11-13H2,1-3H3;2-15H2,1H3,(H,17,18)/t16-,17-,18-,20+,21?,22+,23-,24-,25+;/m0./s1. The number of rotatable bonds is 18. The van der Waals surface area contributed by atoms with Gasteiger partial charge < -0.3 is 24.8 Å². The van der Waals surface area contributed by atoms with Crippen LogP contribution >= 0.6 is 0 Å². The smallest absolute Gasteiger partial charge is 0.303 e. The second-order valence-corrected chi connectivity index (χ2v) is 16.1. The van der Waals surface area contributed by atoms with Gasteiger partial charge in [0.1, 0.15) is 6.61 Å². The largest absolute Gasteiger partial charge is 0.481 e. The van der Waals surface area contributed by atoms with Crippen LogP contribution in [-0.4, -0.2) is 63.6 Å². The highest BCUT2D eigenvalue weighted by Gasteiger charge is 2.75. The number of aliphatic hydroxyl groups is 2. The molecule has 49 heavy (non-hydrogen) atoms. The summed E-state index contributed by atoms with van der Waals surface area (Å²) in [5, 5.41) is 29.9. The van der Waals surface area contributed by atoms with Crippen molar-refractivity contribution in [3.63, 3.8) is 0 Å². The molecule has 0 radical (unpaired) electrons. The molecule has 5 aliphatic rings. The van der Waals surface area contributed by atoms with Crippen molar-refractivity contribution in [2.75, 3.05) is 6.61 Å². The molecule has 278 valence electrons. The maximum Gasteiger partial charge on any atom is 0.303 e. The summed E-state index contributed by atoms with van der Waals surface area (Å²) in [6.45, 7) is 7.93. The fourth-order valence-electron chi connectivity index (χ4n) is 10.4. The number of allylic oxidation sites excluding steroid dienone is 4. The van der Waals surface area contributed by atoms with E-state index in [0.29, 0.717) is 25.7 Å². The Hall–Kier alpha value is -1.87. The van der Waals surface area contributed by atoms with Crippen molar-refractivity contribution < 1.29 is 39.2 Å². The van der Waals surface area contributed by atoms with Crippen LogP contribution in [0, 0.1) is 28.6 Å². The van der Waals surface area contributed by atoms with Crippen molar-refractivity contribution in [1.82, 2.24) is 0 Å². The molecule has 4 aliphatic carbocycles. The van der Waals surface area contributed by atoms with E-state index >= 15 is 0 Å². The number of hydrogen-bond acceptors (Lipinski definition) is 7. The van der Waals surface area contributed by atoms with Crippen molar-refractivity contribution in [3.8, 4) is 0 Å². The van der Waals surface area contributed by atoms with E-state index in [0.717, 1.165) is 37.7 Å². The minimum Gasteiger partial charge on any atom is -0.481 e. The monoisotopic (exact) mass is 686 g/mol. The molecule has 4 fully saturated rings. The highest BCUT2D eigenvalue weighted by Crippen LogP contribution is 2.69. The van der Waals surface area contributed by atoms with Crippen LogP contribution in [0.5, 0.6) is 0 Å². The Balaban J connectivity index is 0.000000259. The maximum absolute atomic E-state index is 13.2. The van der Waals surface area contributed by atoms with Gasteiger partial charge in [-0.05, 0) is 62.5 Å². The highest BCUT2D eigenvalue weighted by atomic mass is 16.7. The normalized spacial score (nSPS) is 35.8. The van der Waals surface area contributed by atoms with Crippen molar-refractivity contribution in [1.29, 1.82) is 0 Å². The number of carboxylic acids is 1. The average Bonchev–Trinajstić information content (AvgIpc) is 3.55. The summed E-state index contributed by atoms with van der Waals surface area (Å²) in [5.41, 5.74) is -1.05. The first kappa shape index (κ1) is 39.9. The molecule has 9 atom stereocenters. The van der Waals surface area contributed by atoms with Gasteiger partial charge in [0.2, 0.25) is 0 Å². The van der Waals surface area contributed by atoms with Crippen LogP contribution < -0.4 is 0 Å². The van der Waals surface area contributed by atoms with Crippen molar-refractivity contribution in [3.05, 3.63) is 23.8 Å². The Bertz CT molecular complexity index is 1180. The third kappa shape index (κ3) is 8.61. The highest BCUT2D eigenvalue weighted by molar-refractivity contribution is 6.01. The number of aliphatic hydroxyl groups excluding tert-OH is 2. The molecule has 3 N–H and O–H groups in total. The van der Waals surface area contributed by atoms with Crippen LogP contribution in [0.25, 0.3) is 0 Å². The SMILES string of the molecule is CCCC1O[C@@H]2C[C@H]3[C@@H]4CCC5=CC(=O)C=C[C@]5(C)[C@H]4[C@@H](O)C[C@]3(C)[C@]2(C(=O)CO)O1.CCCCCCCCCCCCCCCC(=O)O. The number of aliphatic carboxylic acids is 1. The zero-order valence-electron chi connectivity index (χ0n) is 30.9. The summed E-state index contributed by atoms with van der Waals surface area (Å²) in [4.78, 5) is 35.5. The average molecular weight is 687 g/mol. The summed E-state index contributed by atoms with van der Waals surface area (Å²) in [6, 6.07) is 0. The van der Waals surface area contributed by atoms with Gasteiger partial charge >= 0.3 is 5.97 Å². The van der Waals surface area contributed by atoms with Gasteiger partial charge in [-0.1, -0.05) is 123 Å². The number of hydrogen-bond donors (Lipinski definition) is 3. The van der Waals surface area contributed by atoms with Gasteiger partial charge in [-0.2, -0.15) is 0 Å². The molecule has 1 unspecified atom stereocenters. The van der Waals surface area contributed by atoms with E-state index in [4.69, 9.17) is 14.6 Å². The second-order valence-electron chi connectivity index (χ2n) is 16.1. The van der Waals surface area contributed by atoms with E-state index in [1.165, 1.54) is 70.6 Å². The molecule has 0 aromatic rings. The third-order valence-corrected chi connectivity index (χ3v) is 12.9. The molecule has 0 bridgehead atoms. The minimum atomic E-state index is -1.20. The fourth-order valence-corrected chi connectivity index (χ4v) is 10.4. The second kappa shape index (κ2) is 18.1. The lowest BCUT2D eigenvalue weighted by Gasteiger charge is -2.59. The zero-order chi connectivity index (χ0) is 35.7. The molecule has 0 amide bonds. The summed E-state index contributed by atoms with van der Waals surface area (Å²) in [5.74, 6) is -0.627. The molecule has 3 saturated carbocycles. The van der Waals surface area contributed by atoms with E-state index in [1.807, 2.05) is 6.08 Å². The molecule has 1 heterocycles. The molecule has 0 spiro atoms. The lowest BCUT2D eigenvalue weighted by molar-refractivity contribution is -0.200. The molecule has 1 saturated heterocycles. The molecule has 0 aromatic carbocycles. The van der Waals surface area contributed by atoms with Crippen LogP contribution in [0.1, 0.15) is 156 Å². The lowest BCUT2D eigenvalue weighted by Crippen LogP contribution is -2.63.